The van der Waals surface area contributed by atoms with E-state index < -0.39 is 41.1 Å². The van der Waals surface area contributed by atoms with Gasteiger partial charge >= 0.3 is 13.6 Å². The van der Waals surface area contributed by atoms with Crippen LogP contribution in [0.2, 0.25) is 0 Å². The van der Waals surface area contributed by atoms with Crippen LogP contribution in [0.15, 0.2) is 59.5 Å². The van der Waals surface area contributed by atoms with Crippen molar-refractivity contribution in [1.29, 1.82) is 0 Å². The maximum absolute atomic E-state index is 12.6. The molecule has 33 heavy (non-hydrogen) atoms. The molecule has 2 aromatic carbocycles. The summed E-state index contributed by atoms with van der Waals surface area (Å²) in [6.45, 7) is 3.88. The molecule has 2 N–H and O–H groups in total. The summed E-state index contributed by atoms with van der Waals surface area (Å²) in [6, 6.07) is 12.4. The summed E-state index contributed by atoms with van der Waals surface area (Å²) in [5.74, 6) is -2.43. The number of nitrogens with one attached hydrogen (secondary N) is 1. The minimum Gasteiger partial charge on any atom is -0.480 e. The van der Waals surface area contributed by atoms with Gasteiger partial charge in [0, 0.05) is 5.56 Å². The van der Waals surface area contributed by atoms with Crippen LogP contribution in [-0.4, -0.2) is 50.4 Å². The number of carboxylic acids is 1. The first-order valence-electron chi connectivity index (χ1n) is 10.4. The fourth-order valence-corrected chi connectivity index (χ4v) is 6.08. The molecule has 0 unspecified atom stereocenters. The molecule has 2 aromatic rings. The van der Waals surface area contributed by atoms with E-state index in [9.17, 15) is 27.7 Å². The number of aliphatic carboxylic acids is 1. The lowest BCUT2D eigenvalue weighted by atomic mass is 10.1. The summed E-state index contributed by atoms with van der Waals surface area (Å²) in [6.07, 6.45) is -0.256. The molecule has 0 aliphatic heterocycles. The van der Waals surface area contributed by atoms with Gasteiger partial charge in [0.25, 0.3) is 5.91 Å². The number of benzene rings is 2. The predicted molar refractivity (Wildman–Crippen MR) is 123 cm³/mol. The molecule has 0 aliphatic rings. The average Bonchev–Trinajstić information content (AvgIpc) is 2.77. The Labute approximate surface area is 193 Å². The van der Waals surface area contributed by atoms with Crippen LogP contribution in [0.25, 0.3) is 0 Å². The minimum atomic E-state index is -3.69. The maximum Gasteiger partial charge on any atom is 0.335 e. The van der Waals surface area contributed by atoms with Crippen molar-refractivity contribution in [3.63, 3.8) is 0 Å². The second-order valence-corrected chi connectivity index (χ2v) is 11.2. The van der Waals surface area contributed by atoms with Crippen LogP contribution in [0, 0.1) is 0 Å². The number of carbonyl (C=O) groups is 2. The van der Waals surface area contributed by atoms with Gasteiger partial charge in [-0.1, -0.05) is 30.3 Å². The lowest BCUT2D eigenvalue weighted by Gasteiger charge is -2.17. The Balaban J connectivity index is 2.04. The lowest BCUT2D eigenvalue weighted by molar-refractivity contribution is -0.139. The summed E-state index contributed by atoms with van der Waals surface area (Å²) in [5.41, 5.74) is 0.805. The van der Waals surface area contributed by atoms with Gasteiger partial charge in [-0.2, -0.15) is 0 Å². The molecular weight excluding hydrogens is 469 g/mol. The topological polar surface area (TPSA) is 136 Å². The van der Waals surface area contributed by atoms with Crippen LogP contribution in [-0.2, 0) is 34.4 Å². The van der Waals surface area contributed by atoms with E-state index >= 15 is 0 Å². The van der Waals surface area contributed by atoms with Gasteiger partial charge in [0.2, 0.25) is 0 Å². The smallest absolute Gasteiger partial charge is 0.335 e. The fourth-order valence-electron chi connectivity index (χ4n) is 3.02. The number of amides is 1. The van der Waals surface area contributed by atoms with Crippen molar-refractivity contribution < 1.29 is 36.7 Å². The molecule has 180 valence electrons. The molecule has 1 atom stereocenters. The number of carbonyl (C=O) groups excluding carboxylic acids is 1. The summed E-state index contributed by atoms with van der Waals surface area (Å²) in [4.78, 5) is 24.2. The van der Waals surface area contributed by atoms with Gasteiger partial charge in [-0.3, -0.25) is 9.36 Å². The monoisotopic (exact) mass is 497 g/mol. The molecule has 9 nitrogen and oxygen atoms in total. The zero-order valence-electron chi connectivity index (χ0n) is 18.5. The van der Waals surface area contributed by atoms with Crippen LogP contribution in [0.5, 0.6) is 0 Å². The van der Waals surface area contributed by atoms with Crippen molar-refractivity contribution >= 4 is 29.3 Å². The van der Waals surface area contributed by atoms with Crippen LogP contribution in [0.3, 0.4) is 0 Å². The van der Waals surface area contributed by atoms with Gasteiger partial charge < -0.3 is 19.5 Å². The standard InChI is InChI=1S/C22H28NO8PS/c1-3-30-32(27,31-4-2)16-17-10-12-18(13-11-17)21(24)23-20(22(25)26)14-15-33(28,29)19-8-6-5-7-9-19/h5-13,20H,3-4,14-16H2,1-2H3,(H,23,24)(H,25,26)/t20-/m0/s1. The molecule has 0 aliphatic carbocycles. The molecule has 0 aromatic heterocycles. The molecule has 11 heteroatoms. The number of hydrogen-bond acceptors (Lipinski definition) is 7. The normalized spacial score (nSPS) is 12.8. The highest BCUT2D eigenvalue weighted by molar-refractivity contribution is 7.91. The minimum absolute atomic E-state index is 0.0334. The van der Waals surface area contributed by atoms with Crippen LogP contribution >= 0.6 is 7.60 Å². The number of sulfone groups is 1. The Morgan fingerprint density at radius 1 is 1.00 bits per heavy atom. The number of hydrogen-bond donors (Lipinski definition) is 2. The van der Waals surface area contributed by atoms with Crippen molar-refractivity contribution in [2.24, 2.45) is 0 Å². The third kappa shape index (κ3) is 8.08. The molecule has 0 saturated heterocycles. The highest BCUT2D eigenvalue weighted by atomic mass is 32.2. The molecule has 1 amide bonds. The zero-order valence-corrected chi connectivity index (χ0v) is 20.2. The third-order valence-corrected chi connectivity index (χ3v) is 8.44. The van der Waals surface area contributed by atoms with E-state index in [0.29, 0.717) is 5.56 Å². The molecule has 0 bridgehead atoms. The van der Waals surface area contributed by atoms with E-state index in [1.54, 1.807) is 44.2 Å². The molecule has 0 heterocycles. The Morgan fingerprint density at radius 3 is 2.09 bits per heavy atom. The molecule has 0 fully saturated rings. The summed E-state index contributed by atoms with van der Waals surface area (Å²) in [7, 11) is -6.99. The van der Waals surface area contributed by atoms with Crippen LogP contribution < -0.4 is 5.32 Å². The highest BCUT2D eigenvalue weighted by Gasteiger charge is 2.26. The first-order chi connectivity index (χ1) is 15.6. The van der Waals surface area contributed by atoms with Gasteiger partial charge in [0.15, 0.2) is 9.84 Å². The Morgan fingerprint density at radius 2 is 1.58 bits per heavy atom. The number of rotatable bonds is 13. The van der Waals surface area contributed by atoms with Crippen LogP contribution in [0.4, 0.5) is 0 Å². The first kappa shape index (κ1) is 26.7. The maximum atomic E-state index is 12.6. The van der Waals surface area contributed by atoms with E-state index in [-0.39, 0.29) is 36.3 Å². The molecule has 2 rings (SSSR count). The predicted octanol–water partition coefficient (Wildman–Crippen LogP) is 3.50. The van der Waals surface area contributed by atoms with Gasteiger partial charge in [-0.05, 0) is 50.1 Å². The van der Waals surface area contributed by atoms with E-state index in [1.807, 2.05) is 0 Å². The van der Waals surface area contributed by atoms with E-state index in [0.717, 1.165) is 0 Å². The molecule has 0 spiro atoms. The van der Waals surface area contributed by atoms with Crippen molar-refractivity contribution in [3.8, 4) is 0 Å². The first-order valence-corrected chi connectivity index (χ1v) is 13.8. The molecular formula is C22H28NO8PS. The largest absolute Gasteiger partial charge is 0.480 e. The highest BCUT2D eigenvalue weighted by Crippen LogP contribution is 2.51. The SMILES string of the molecule is CCOP(=O)(Cc1ccc(C(=O)N[C@@H](CCS(=O)(=O)c2ccccc2)C(=O)O)cc1)OCC. The zero-order chi connectivity index (χ0) is 24.5. The van der Waals surface area contributed by atoms with Gasteiger partial charge in [-0.15, -0.1) is 0 Å². The Kier molecular flexibility index (Phi) is 9.79. The van der Waals surface area contributed by atoms with Crippen molar-refractivity contribution in [3.05, 3.63) is 65.7 Å². The van der Waals surface area contributed by atoms with Crippen LogP contribution in [0.1, 0.15) is 36.2 Å². The molecule has 0 saturated carbocycles. The summed E-state index contributed by atoms with van der Waals surface area (Å²) >= 11 is 0. The average molecular weight is 498 g/mol. The van der Waals surface area contributed by atoms with Gasteiger partial charge in [0.1, 0.15) is 6.04 Å². The third-order valence-electron chi connectivity index (χ3n) is 4.62. The lowest BCUT2D eigenvalue weighted by Crippen LogP contribution is -2.41. The Hall–Kier alpha value is -2.52. The van der Waals surface area contributed by atoms with Gasteiger partial charge in [0.05, 0.1) is 30.0 Å². The Bertz CT molecular complexity index is 1080. The van der Waals surface area contributed by atoms with Gasteiger partial charge in [-0.25, -0.2) is 13.2 Å². The number of carboxylic acid groups (broad SMARTS) is 1. The van der Waals surface area contributed by atoms with Crippen molar-refractivity contribution in [1.82, 2.24) is 5.32 Å². The summed E-state index contributed by atoms with van der Waals surface area (Å²) in [5, 5.41) is 11.8. The summed E-state index contributed by atoms with van der Waals surface area (Å²) < 4.78 is 48.0. The van der Waals surface area contributed by atoms with Crippen molar-refractivity contribution in [2.45, 2.75) is 37.4 Å². The van der Waals surface area contributed by atoms with E-state index in [4.69, 9.17) is 9.05 Å². The second-order valence-electron chi connectivity index (χ2n) is 7.09. The fraction of sp³-hybridized carbons (Fsp3) is 0.364. The van der Waals surface area contributed by atoms with E-state index in [1.165, 1.54) is 24.3 Å². The second kappa shape index (κ2) is 12.1. The van der Waals surface area contributed by atoms with Crippen molar-refractivity contribution in [2.75, 3.05) is 19.0 Å². The quantitative estimate of drug-likeness (QED) is 0.401. The van der Waals surface area contributed by atoms with E-state index in [2.05, 4.69) is 5.32 Å². The molecule has 0 radical (unpaired) electrons.